The summed E-state index contributed by atoms with van der Waals surface area (Å²) in [5.74, 6) is -0.180. The lowest BCUT2D eigenvalue weighted by Crippen LogP contribution is -2.19. The molecule has 1 fully saturated rings. The molecule has 0 unspecified atom stereocenters. The van der Waals surface area contributed by atoms with E-state index in [0.29, 0.717) is 25.8 Å². The van der Waals surface area contributed by atoms with E-state index in [9.17, 15) is 4.79 Å². The van der Waals surface area contributed by atoms with Gasteiger partial charge in [0.05, 0.1) is 26.2 Å². The van der Waals surface area contributed by atoms with Crippen LogP contribution >= 0.6 is 35.0 Å². The van der Waals surface area contributed by atoms with E-state index in [-0.39, 0.29) is 5.91 Å². The van der Waals surface area contributed by atoms with Crippen LogP contribution in [0.1, 0.15) is 17.0 Å². The van der Waals surface area contributed by atoms with E-state index in [2.05, 4.69) is 58.0 Å². The minimum atomic E-state index is -0.180. The summed E-state index contributed by atoms with van der Waals surface area (Å²) in [5.41, 5.74) is 5.74. The van der Waals surface area contributed by atoms with Crippen LogP contribution in [0.3, 0.4) is 0 Å². The van der Waals surface area contributed by atoms with Crippen molar-refractivity contribution in [2.45, 2.75) is 13.8 Å². The number of fused-ring (bicyclic) bond motifs is 1. The fourth-order valence-electron chi connectivity index (χ4n) is 3.83. The van der Waals surface area contributed by atoms with Crippen molar-refractivity contribution in [3.8, 4) is 5.69 Å². The largest absolute Gasteiger partial charge is 0.318 e. The highest BCUT2D eigenvalue weighted by Gasteiger charge is 2.24. The Morgan fingerprint density at radius 2 is 1.91 bits per heavy atom. The smallest absolute Gasteiger partial charge is 0.264 e. The average Bonchev–Trinajstić information content (AvgIpc) is 3.28. The maximum atomic E-state index is 12.6. The number of carbonyl (C=O) groups excluding carboxylic acids is 1. The van der Waals surface area contributed by atoms with Crippen molar-refractivity contribution in [3.63, 3.8) is 0 Å². The Morgan fingerprint density at radius 3 is 2.73 bits per heavy atom. The van der Waals surface area contributed by atoms with Gasteiger partial charge in [0.1, 0.15) is 0 Å². The van der Waals surface area contributed by atoms with Crippen LogP contribution in [-0.2, 0) is 4.79 Å². The summed E-state index contributed by atoms with van der Waals surface area (Å²) in [7, 11) is 0. The highest BCUT2D eigenvalue weighted by molar-refractivity contribution is 8.18. The van der Waals surface area contributed by atoms with Crippen LogP contribution < -0.4 is 5.32 Å². The minimum absolute atomic E-state index is 0.180. The number of hydrogen-bond acceptors (Lipinski definition) is 4. The molecule has 3 heterocycles. The number of aryl methyl sites for hydroxylation is 1. The van der Waals surface area contributed by atoms with Crippen molar-refractivity contribution in [1.29, 1.82) is 0 Å². The Bertz CT molecular complexity index is 1490. The first-order valence-corrected chi connectivity index (χ1v) is 11.7. The van der Waals surface area contributed by atoms with E-state index in [1.54, 1.807) is 24.4 Å². The van der Waals surface area contributed by atoms with Gasteiger partial charge in [0, 0.05) is 28.7 Å². The van der Waals surface area contributed by atoms with Crippen LogP contribution in [0.4, 0.5) is 5.69 Å². The fourth-order valence-corrected chi connectivity index (χ4v) is 4.95. The first-order chi connectivity index (χ1) is 15.9. The molecule has 1 saturated heterocycles. The molecule has 1 N–H and O–H groups in total. The summed E-state index contributed by atoms with van der Waals surface area (Å²) in [6.45, 7) is 4.11. The molecular weight excluding hydrogens is 475 g/mol. The zero-order valence-electron chi connectivity index (χ0n) is 17.8. The third-order valence-corrected chi connectivity index (χ3v) is 7.04. The number of nitrogens with zero attached hydrogens (tertiary/aromatic N) is 3. The number of pyridine rings is 1. The Morgan fingerprint density at radius 1 is 1.06 bits per heavy atom. The Hall–Kier alpha value is -3.06. The predicted octanol–water partition coefficient (Wildman–Crippen LogP) is 6.84. The summed E-state index contributed by atoms with van der Waals surface area (Å²) >= 11 is 13.3. The van der Waals surface area contributed by atoms with Crippen LogP contribution in [0.15, 0.2) is 70.7 Å². The van der Waals surface area contributed by atoms with Crippen LogP contribution in [0.5, 0.6) is 0 Å². The standard InChI is InChI=1S/C25H18Cl2N4OS/c1-14-10-17(15(2)31(14)19-6-8-22-16(11-19)4-3-9-28-22)12-23-24(32)30-25(33-23)29-18-5-7-20(26)21(27)13-18/h3-13H,1-2H3,(H,29,30,32)/b23-12-. The molecule has 33 heavy (non-hydrogen) atoms. The second-order valence-electron chi connectivity index (χ2n) is 7.62. The van der Waals surface area contributed by atoms with Gasteiger partial charge in [-0.2, -0.15) is 0 Å². The van der Waals surface area contributed by atoms with Crippen LogP contribution in [0.25, 0.3) is 22.7 Å². The topological polar surface area (TPSA) is 59.3 Å². The maximum Gasteiger partial charge on any atom is 0.264 e. The number of aliphatic imine (C=N–C) groups is 1. The van der Waals surface area contributed by atoms with E-state index in [1.165, 1.54) is 11.8 Å². The number of benzene rings is 2. The SMILES string of the molecule is Cc1cc(/C=C2\SC(=Nc3ccc(Cl)c(Cl)c3)NC2=O)c(C)n1-c1ccc2ncccc2c1. The second kappa shape index (κ2) is 8.71. The van der Waals surface area contributed by atoms with E-state index in [0.717, 1.165) is 33.5 Å². The summed E-state index contributed by atoms with van der Waals surface area (Å²) in [4.78, 5) is 22.0. The van der Waals surface area contributed by atoms with Crippen molar-refractivity contribution in [2.24, 2.45) is 4.99 Å². The monoisotopic (exact) mass is 492 g/mol. The molecule has 8 heteroatoms. The van der Waals surface area contributed by atoms with E-state index < -0.39 is 0 Å². The number of rotatable bonds is 3. The number of hydrogen-bond donors (Lipinski definition) is 1. The zero-order chi connectivity index (χ0) is 23.1. The summed E-state index contributed by atoms with van der Waals surface area (Å²) in [6, 6.07) is 17.4. The van der Waals surface area contributed by atoms with Crippen molar-refractivity contribution in [1.82, 2.24) is 14.9 Å². The van der Waals surface area contributed by atoms with Gasteiger partial charge in [-0.3, -0.25) is 9.78 Å². The molecule has 0 radical (unpaired) electrons. The van der Waals surface area contributed by atoms with E-state index in [4.69, 9.17) is 23.2 Å². The molecule has 5 nitrogen and oxygen atoms in total. The molecule has 2 aromatic carbocycles. The molecule has 1 aliphatic heterocycles. The molecule has 5 rings (SSSR count). The highest BCUT2D eigenvalue weighted by atomic mass is 35.5. The van der Waals surface area contributed by atoms with Crippen molar-refractivity contribution < 1.29 is 4.79 Å². The number of thioether (sulfide) groups is 1. The second-order valence-corrected chi connectivity index (χ2v) is 9.47. The van der Waals surface area contributed by atoms with Gasteiger partial charge in [-0.15, -0.1) is 0 Å². The summed E-state index contributed by atoms with van der Waals surface area (Å²) in [5, 5.41) is 5.27. The lowest BCUT2D eigenvalue weighted by Gasteiger charge is -2.10. The molecule has 2 aromatic heterocycles. The molecule has 1 amide bonds. The van der Waals surface area contributed by atoms with Gasteiger partial charge in [-0.05, 0) is 85.8 Å². The quantitative estimate of drug-likeness (QED) is 0.318. The lowest BCUT2D eigenvalue weighted by molar-refractivity contribution is -0.115. The maximum absolute atomic E-state index is 12.6. The third-order valence-electron chi connectivity index (χ3n) is 5.39. The fraction of sp³-hybridized carbons (Fsp3) is 0.0800. The van der Waals surface area contributed by atoms with Gasteiger partial charge in [0.2, 0.25) is 0 Å². The molecule has 0 spiro atoms. The zero-order valence-corrected chi connectivity index (χ0v) is 20.1. The molecule has 1 aliphatic rings. The Balaban J connectivity index is 1.46. The lowest BCUT2D eigenvalue weighted by atomic mass is 10.2. The number of nitrogens with one attached hydrogen (secondary N) is 1. The van der Waals surface area contributed by atoms with Crippen LogP contribution in [0.2, 0.25) is 10.0 Å². The molecule has 0 aliphatic carbocycles. The van der Waals surface area contributed by atoms with Gasteiger partial charge in [-0.1, -0.05) is 29.3 Å². The molecule has 0 saturated carbocycles. The number of amides is 1. The van der Waals surface area contributed by atoms with E-state index in [1.807, 2.05) is 18.2 Å². The molecular formula is C25H18Cl2N4OS. The van der Waals surface area contributed by atoms with Gasteiger partial charge in [0.25, 0.3) is 5.91 Å². The van der Waals surface area contributed by atoms with Crippen LogP contribution in [-0.4, -0.2) is 20.6 Å². The van der Waals surface area contributed by atoms with Gasteiger partial charge in [-0.25, -0.2) is 4.99 Å². The Labute approximate surface area is 205 Å². The van der Waals surface area contributed by atoms with Crippen LogP contribution in [0, 0.1) is 13.8 Å². The molecule has 164 valence electrons. The van der Waals surface area contributed by atoms with Crippen molar-refractivity contribution in [2.75, 3.05) is 0 Å². The number of carbonyl (C=O) groups is 1. The number of amidine groups is 1. The van der Waals surface area contributed by atoms with Gasteiger partial charge in [0.15, 0.2) is 5.17 Å². The number of aromatic nitrogens is 2. The molecule has 0 bridgehead atoms. The summed E-state index contributed by atoms with van der Waals surface area (Å²) < 4.78 is 2.18. The van der Waals surface area contributed by atoms with Crippen molar-refractivity contribution >= 4 is 68.7 Å². The molecule has 4 aromatic rings. The normalized spacial score (nSPS) is 16.2. The predicted molar refractivity (Wildman–Crippen MR) is 138 cm³/mol. The highest BCUT2D eigenvalue weighted by Crippen LogP contribution is 2.32. The van der Waals surface area contributed by atoms with Gasteiger partial charge >= 0.3 is 0 Å². The summed E-state index contributed by atoms with van der Waals surface area (Å²) in [6.07, 6.45) is 3.70. The Kier molecular flexibility index (Phi) is 5.74. The van der Waals surface area contributed by atoms with E-state index >= 15 is 0 Å². The van der Waals surface area contributed by atoms with Gasteiger partial charge < -0.3 is 9.88 Å². The molecule has 0 atom stereocenters. The van der Waals surface area contributed by atoms with Crippen molar-refractivity contribution in [3.05, 3.63) is 92.7 Å². The third kappa shape index (κ3) is 4.29. The average molecular weight is 493 g/mol. The first-order valence-electron chi connectivity index (χ1n) is 10.2. The number of halogens is 2. The first kappa shape index (κ1) is 21.8. The minimum Gasteiger partial charge on any atom is -0.318 e.